The van der Waals surface area contributed by atoms with E-state index in [9.17, 15) is 14.7 Å². The zero-order chi connectivity index (χ0) is 21.3. The van der Waals surface area contributed by atoms with Crippen LogP contribution in [-0.2, 0) is 14.3 Å². The maximum Gasteiger partial charge on any atom is 0.306 e. The van der Waals surface area contributed by atoms with Gasteiger partial charge < -0.3 is 14.7 Å². The summed E-state index contributed by atoms with van der Waals surface area (Å²) in [5.41, 5.74) is 1.70. The molecule has 0 aromatic heterocycles. The number of carbonyl (C=O) groups is 2. The number of aliphatic carboxylic acids is 1. The zero-order valence-corrected chi connectivity index (χ0v) is 17.9. The summed E-state index contributed by atoms with van der Waals surface area (Å²) >= 11 is 12.3. The fourth-order valence-electron chi connectivity index (χ4n) is 4.21. The number of hydrogen-bond donors (Lipinski definition) is 1. The van der Waals surface area contributed by atoms with Crippen LogP contribution >= 0.6 is 23.2 Å². The second-order valence-corrected chi connectivity index (χ2v) is 8.85. The number of morpholine rings is 1. The van der Waals surface area contributed by atoms with Crippen molar-refractivity contribution in [3.05, 3.63) is 69.7 Å². The van der Waals surface area contributed by atoms with Gasteiger partial charge in [0, 0.05) is 16.6 Å². The van der Waals surface area contributed by atoms with Crippen molar-refractivity contribution in [1.82, 2.24) is 4.90 Å². The summed E-state index contributed by atoms with van der Waals surface area (Å²) in [5, 5.41) is 10.5. The van der Waals surface area contributed by atoms with Crippen LogP contribution in [-0.4, -0.2) is 34.5 Å². The van der Waals surface area contributed by atoms with Gasteiger partial charge in [-0.2, -0.15) is 0 Å². The molecule has 5 nitrogen and oxygen atoms in total. The Balaban J connectivity index is 1.78. The van der Waals surface area contributed by atoms with Crippen LogP contribution in [0, 0.1) is 5.92 Å². The second-order valence-electron chi connectivity index (χ2n) is 7.98. The summed E-state index contributed by atoms with van der Waals surface area (Å²) in [6, 6.07) is 14.3. The Hall–Kier alpha value is -2.08. The predicted octanol–water partition coefficient (Wildman–Crippen LogP) is 5.28. The van der Waals surface area contributed by atoms with Gasteiger partial charge in [0.2, 0.25) is 0 Å². The Kier molecular flexibility index (Phi) is 6.32. The van der Waals surface area contributed by atoms with Crippen molar-refractivity contribution in [1.29, 1.82) is 0 Å². The molecular formula is C23H23Cl2NO4. The van der Waals surface area contributed by atoms with E-state index in [4.69, 9.17) is 27.9 Å². The zero-order valence-electron chi connectivity index (χ0n) is 16.3. The maximum absolute atomic E-state index is 13.3. The Bertz CT molecular complexity index is 929. The van der Waals surface area contributed by atoms with Crippen LogP contribution in [0.1, 0.15) is 49.0 Å². The Morgan fingerprint density at radius 1 is 1.07 bits per heavy atom. The lowest BCUT2D eigenvalue weighted by molar-refractivity contribution is -0.180. The highest BCUT2D eigenvalue weighted by Gasteiger charge is 2.45. The van der Waals surface area contributed by atoms with E-state index in [-0.39, 0.29) is 18.4 Å². The molecule has 4 rings (SSSR count). The lowest BCUT2D eigenvalue weighted by Crippen LogP contribution is -2.53. The molecule has 2 aliphatic rings. The third kappa shape index (κ3) is 4.48. The summed E-state index contributed by atoms with van der Waals surface area (Å²) in [4.78, 5) is 26.5. The van der Waals surface area contributed by atoms with E-state index in [0.717, 1.165) is 30.4 Å². The molecule has 1 N–H and O–H groups in total. The van der Waals surface area contributed by atoms with Crippen molar-refractivity contribution in [2.45, 2.75) is 43.9 Å². The van der Waals surface area contributed by atoms with E-state index in [1.165, 1.54) is 0 Å². The monoisotopic (exact) mass is 447 g/mol. The quantitative estimate of drug-likeness (QED) is 0.653. The first-order chi connectivity index (χ1) is 14.4. The molecule has 2 aromatic rings. The molecule has 1 heterocycles. The topological polar surface area (TPSA) is 66.8 Å². The van der Waals surface area contributed by atoms with Crippen molar-refractivity contribution < 1.29 is 19.4 Å². The average Bonchev–Trinajstić information content (AvgIpc) is 2.67. The van der Waals surface area contributed by atoms with Crippen LogP contribution in [0.5, 0.6) is 0 Å². The van der Waals surface area contributed by atoms with Crippen LogP contribution < -0.4 is 0 Å². The van der Waals surface area contributed by atoms with Crippen LogP contribution in [0.3, 0.4) is 0 Å². The highest BCUT2D eigenvalue weighted by atomic mass is 35.5. The van der Waals surface area contributed by atoms with Crippen LogP contribution in [0.4, 0.5) is 0 Å². The van der Waals surface area contributed by atoms with Crippen LogP contribution in [0.15, 0.2) is 48.5 Å². The number of carbonyl (C=O) groups excluding carboxylic acids is 1. The van der Waals surface area contributed by atoms with Crippen molar-refractivity contribution in [2.24, 2.45) is 5.92 Å². The van der Waals surface area contributed by atoms with Crippen molar-refractivity contribution in [3.63, 3.8) is 0 Å². The number of amides is 1. The molecule has 2 aromatic carbocycles. The van der Waals surface area contributed by atoms with Gasteiger partial charge in [-0.05, 0) is 54.2 Å². The number of hydrogen-bond acceptors (Lipinski definition) is 3. The molecular weight excluding hydrogens is 425 g/mol. The minimum Gasteiger partial charge on any atom is -0.481 e. The van der Waals surface area contributed by atoms with Gasteiger partial charge in [0.1, 0.15) is 12.2 Å². The molecule has 1 amide bonds. The summed E-state index contributed by atoms with van der Waals surface area (Å²) in [5.74, 6) is -0.915. The predicted molar refractivity (Wildman–Crippen MR) is 115 cm³/mol. The number of carboxylic acid groups (broad SMARTS) is 1. The molecule has 0 bridgehead atoms. The number of benzene rings is 2. The van der Waals surface area contributed by atoms with E-state index < -0.39 is 18.2 Å². The molecule has 1 aliphatic carbocycles. The molecule has 1 saturated carbocycles. The average molecular weight is 448 g/mol. The highest BCUT2D eigenvalue weighted by Crippen LogP contribution is 2.44. The minimum absolute atomic E-state index is 0.275. The fraction of sp³-hybridized carbons (Fsp3) is 0.391. The van der Waals surface area contributed by atoms with E-state index in [1.807, 2.05) is 35.2 Å². The minimum atomic E-state index is -1.06. The normalized spacial score (nSPS) is 24.5. The second kappa shape index (κ2) is 8.96. The van der Waals surface area contributed by atoms with Gasteiger partial charge in [0.15, 0.2) is 0 Å². The molecule has 1 aliphatic heterocycles. The van der Waals surface area contributed by atoms with Gasteiger partial charge >= 0.3 is 5.97 Å². The van der Waals surface area contributed by atoms with Gasteiger partial charge in [-0.1, -0.05) is 53.9 Å². The lowest BCUT2D eigenvalue weighted by atomic mass is 9.83. The van der Waals surface area contributed by atoms with Gasteiger partial charge in [-0.15, -0.1) is 0 Å². The molecule has 158 valence electrons. The highest BCUT2D eigenvalue weighted by molar-refractivity contribution is 6.30. The molecule has 0 radical (unpaired) electrons. The van der Waals surface area contributed by atoms with E-state index in [0.29, 0.717) is 22.5 Å². The van der Waals surface area contributed by atoms with Gasteiger partial charge in [0.25, 0.3) is 5.91 Å². The Labute approximate surface area is 185 Å². The molecule has 0 spiro atoms. The first-order valence-corrected chi connectivity index (χ1v) is 10.9. The van der Waals surface area contributed by atoms with Gasteiger partial charge in [0.05, 0.1) is 12.5 Å². The SMILES string of the molecule is O=C(O)C[C@H]1O[C@H](c2cccc(Cl)c2)[C@@H](c2ccc(Cl)cc2)N(CC2CCC2)C1=O. The number of carboxylic acids is 1. The Morgan fingerprint density at radius 2 is 1.80 bits per heavy atom. The standard InChI is InChI=1S/C23H23Cl2NO4/c24-17-9-7-15(8-10-17)21-22(16-5-2-6-18(25)11-16)30-19(12-20(27)28)23(29)26(21)13-14-3-1-4-14/h2,5-11,14,19,21-22H,1,3-4,12-13H2,(H,27,28)/t19-,21-,22-/m1/s1. The van der Waals surface area contributed by atoms with Crippen LogP contribution in [0.2, 0.25) is 10.0 Å². The summed E-state index contributed by atoms with van der Waals surface area (Å²) < 4.78 is 6.15. The molecule has 1 saturated heterocycles. The van der Waals surface area contributed by atoms with Gasteiger partial charge in [-0.3, -0.25) is 9.59 Å². The third-order valence-corrected chi connectivity index (χ3v) is 6.41. The van der Waals surface area contributed by atoms with Crippen molar-refractivity contribution >= 4 is 35.1 Å². The first kappa shape index (κ1) is 21.2. The van der Waals surface area contributed by atoms with Gasteiger partial charge in [-0.25, -0.2) is 0 Å². The van der Waals surface area contributed by atoms with Crippen molar-refractivity contribution in [2.75, 3.05) is 6.54 Å². The van der Waals surface area contributed by atoms with E-state index in [2.05, 4.69) is 0 Å². The van der Waals surface area contributed by atoms with E-state index >= 15 is 0 Å². The Morgan fingerprint density at radius 3 is 2.40 bits per heavy atom. The lowest BCUT2D eigenvalue weighted by Gasteiger charge is -2.46. The van der Waals surface area contributed by atoms with E-state index in [1.54, 1.807) is 18.2 Å². The number of ether oxygens (including phenoxy) is 1. The molecule has 2 fully saturated rings. The number of halogens is 2. The number of rotatable bonds is 6. The van der Waals surface area contributed by atoms with Crippen molar-refractivity contribution in [3.8, 4) is 0 Å². The maximum atomic E-state index is 13.3. The summed E-state index contributed by atoms with van der Waals surface area (Å²) in [7, 11) is 0. The first-order valence-electron chi connectivity index (χ1n) is 10.1. The molecule has 3 atom stereocenters. The summed E-state index contributed by atoms with van der Waals surface area (Å²) in [6.07, 6.45) is 1.37. The van der Waals surface area contributed by atoms with Crippen LogP contribution in [0.25, 0.3) is 0 Å². The largest absolute Gasteiger partial charge is 0.481 e. The smallest absolute Gasteiger partial charge is 0.306 e. The molecule has 0 unspecified atom stereocenters. The fourth-order valence-corrected chi connectivity index (χ4v) is 4.53. The third-order valence-electron chi connectivity index (χ3n) is 5.92. The molecule has 7 heteroatoms. The number of nitrogens with zero attached hydrogens (tertiary/aromatic N) is 1. The molecule has 30 heavy (non-hydrogen) atoms. The summed E-state index contributed by atoms with van der Waals surface area (Å²) in [6.45, 7) is 0.586.